The molecule has 0 aliphatic heterocycles. The first kappa shape index (κ1) is 14.3. The predicted molar refractivity (Wildman–Crippen MR) is 86.2 cm³/mol. The van der Waals surface area contributed by atoms with E-state index in [1.165, 1.54) is 23.5 Å². The Morgan fingerprint density at radius 1 is 1.27 bits per heavy atom. The number of thiophene rings is 1. The molecule has 0 aliphatic rings. The largest absolute Gasteiger partial charge is 0.423 e. The first-order valence-corrected chi connectivity index (χ1v) is 7.48. The summed E-state index contributed by atoms with van der Waals surface area (Å²) in [6, 6.07) is 10.2. The molecule has 0 saturated heterocycles. The van der Waals surface area contributed by atoms with Gasteiger partial charge in [0.15, 0.2) is 0 Å². The van der Waals surface area contributed by atoms with Crippen molar-refractivity contribution < 1.29 is 13.9 Å². The van der Waals surface area contributed by atoms with E-state index in [2.05, 4.69) is 0 Å². The molecule has 0 bridgehead atoms. The van der Waals surface area contributed by atoms with Gasteiger partial charge in [-0.25, -0.2) is 9.59 Å². The Balaban J connectivity index is 1.82. The van der Waals surface area contributed by atoms with E-state index in [0.29, 0.717) is 11.3 Å². The summed E-state index contributed by atoms with van der Waals surface area (Å²) in [5, 5.41) is 2.74. The Hall–Kier alpha value is -2.66. The van der Waals surface area contributed by atoms with Crippen LogP contribution in [0, 0.1) is 6.92 Å². The highest BCUT2D eigenvalue weighted by atomic mass is 32.1. The van der Waals surface area contributed by atoms with Gasteiger partial charge in [-0.15, -0.1) is 11.3 Å². The third kappa shape index (κ3) is 3.15. The second kappa shape index (κ2) is 5.99. The monoisotopic (exact) mass is 312 g/mol. The van der Waals surface area contributed by atoms with Crippen LogP contribution in [0.3, 0.4) is 0 Å². The van der Waals surface area contributed by atoms with Crippen LogP contribution in [0.15, 0.2) is 57.1 Å². The summed E-state index contributed by atoms with van der Waals surface area (Å²) >= 11 is 1.53. The number of hydrogen-bond acceptors (Lipinski definition) is 5. The summed E-state index contributed by atoms with van der Waals surface area (Å²) in [7, 11) is 0. The average molecular weight is 312 g/mol. The maximum atomic E-state index is 11.8. The minimum absolute atomic E-state index is 0.335. The molecule has 0 N–H and O–H groups in total. The van der Waals surface area contributed by atoms with Gasteiger partial charge in [-0.05, 0) is 42.1 Å². The molecule has 0 atom stereocenters. The molecule has 2 heterocycles. The maximum Gasteiger partial charge on any atom is 0.336 e. The fourth-order valence-electron chi connectivity index (χ4n) is 2.06. The molecule has 0 saturated carbocycles. The van der Waals surface area contributed by atoms with Crippen molar-refractivity contribution in [2.45, 2.75) is 6.92 Å². The topological polar surface area (TPSA) is 56.5 Å². The van der Waals surface area contributed by atoms with Gasteiger partial charge in [-0.3, -0.25) is 0 Å². The number of carbonyl (C=O) groups is 1. The van der Waals surface area contributed by atoms with E-state index in [1.54, 1.807) is 24.3 Å². The van der Waals surface area contributed by atoms with Gasteiger partial charge in [0.2, 0.25) is 0 Å². The van der Waals surface area contributed by atoms with Gasteiger partial charge in [0.1, 0.15) is 11.3 Å². The smallest absolute Gasteiger partial charge is 0.336 e. The number of esters is 1. The number of carbonyl (C=O) groups excluding carboxylic acids is 1. The van der Waals surface area contributed by atoms with Crippen molar-refractivity contribution in [2.75, 3.05) is 0 Å². The summed E-state index contributed by atoms with van der Waals surface area (Å²) in [6.07, 6.45) is 3.06. The number of aryl methyl sites for hydroxylation is 1. The molecule has 22 heavy (non-hydrogen) atoms. The van der Waals surface area contributed by atoms with Crippen LogP contribution < -0.4 is 10.4 Å². The van der Waals surface area contributed by atoms with E-state index in [0.717, 1.165) is 15.8 Å². The molecule has 3 rings (SSSR count). The van der Waals surface area contributed by atoms with Crippen molar-refractivity contribution in [1.29, 1.82) is 0 Å². The van der Waals surface area contributed by atoms with E-state index in [9.17, 15) is 9.59 Å². The average Bonchev–Trinajstić information content (AvgIpc) is 2.98. The Kier molecular flexibility index (Phi) is 3.89. The molecule has 0 spiro atoms. The third-order valence-corrected chi connectivity index (χ3v) is 3.91. The minimum atomic E-state index is -0.484. The fraction of sp³-hybridized carbons (Fsp3) is 0.0588. The normalized spacial score (nSPS) is 11.1. The standard InChI is InChI=1S/C17H12O4S/c1-11-9-17(19)21-15-10-12(4-6-14(11)15)20-16(18)7-5-13-3-2-8-22-13/h2-10H,1H3. The highest BCUT2D eigenvalue weighted by Gasteiger charge is 2.06. The first-order chi connectivity index (χ1) is 10.6. The summed E-state index contributed by atoms with van der Waals surface area (Å²) in [4.78, 5) is 24.1. The van der Waals surface area contributed by atoms with Crippen LogP contribution >= 0.6 is 11.3 Å². The Morgan fingerprint density at radius 2 is 2.14 bits per heavy atom. The molecule has 3 aromatic rings. The highest BCUT2D eigenvalue weighted by Crippen LogP contribution is 2.22. The summed E-state index contributed by atoms with van der Waals surface area (Å²) in [5.74, 6) is -0.148. The second-order valence-electron chi connectivity index (χ2n) is 4.68. The molecule has 110 valence electrons. The van der Waals surface area contributed by atoms with Gasteiger partial charge < -0.3 is 9.15 Å². The molecule has 2 aromatic heterocycles. The third-order valence-electron chi connectivity index (χ3n) is 3.07. The quantitative estimate of drug-likeness (QED) is 0.320. The summed E-state index contributed by atoms with van der Waals surface area (Å²) < 4.78 is 10.3. The van der Waals surface area contributed by atoms with Crippen molar-refractivity contribution in [3.05, 3.63) is 68.7 Å². The lowest BCUT2D eigenvalue weighted by Crippen LogP contribution is -2.04. The van der Waals surface area contributed by atoms with Crippen molar-refractivity contribution in [2.24, 2.45) is 0 Å². The van der Waals surface area contributed by atoms with E-state index in [1.807, 2.05) is 24.4 Å². The lowest BCUT2D eigenvalue weighted by Gasteiger charge is -2.04. The van der Waals surface area contributed by atoms with Gasteiger partial charge in [-0.2, -0.15) is 0 Å². The molecule has 5 heteroatoms. The summed E-state index contributed by atoms with van der Waals surface area (Å²) in [5.41, 5.74) is 0.797. The van der Waals surface area contributed by atoms with E-state index in [-0.39, 0.29) is 0 Å². The van der Waals surface area contributed by atoms with E-state index >= 15 is 0 Å². The van der Waals surface area contributed by atoms with Gasteiger partial charge in [0.25, 0.3) is 0 Å². The zero-order valence-electron chi connectivity index (χ0n) is 11.7. The van der Waals surface area contributed by atoms with Gasteiger partial charge in [-0.1, -0.05) is 6.07 Å². The Labute approximate surface area is 130 Å². The number of benzene rings is 1. The fourth-order valence-corrected chi connectivity index (χ4v) is 2.67. The predicted octanol–water partition coefficient (Wildman–Crippen LogP) is 3.78. The molecule has 4 nitrogen and oxygen atoms in total. The number of hydrogen-bond donors (Lipinski definition) is 0. The molecular weight excluding hydrogens is 300 g/mol. The number of rotatable bonds is 3. The van der Waals surface area contributed by atoms with Crippen LogP contribution in [-0.2, 0) is 4.79 Å². The van der Waals surface area contributed by atoms with Crippen LogP contribution in [0.4, 0.5) is 0 Å². The Bertz CT molecular complexity index is 904. The van der Waals surface area contributed by atoms with Crippen molar-refractivity contribution in [1.82, 2.24) is 0 Å². The maximum absolute atomic E-state index is 11.8. The van der Waals surface area contributed by atoms with Gasteiger partial charge >= 0.3 is 11.6 Å². The molecule has 0 aliphatic carbocycles. The van der Waals surface area contributed by atoms with Crippen molar-refractivity contribution in [3.63, 3.8) is 0 Å². The van der Waals surface area contributed by atoms with Crippen LogP contribution in [0.5, 0.6) is 5.75 Å². The first-order valence-electron chi connectivity index (χ1n) is 6.60. The lowest BCUT2D eigenvalue weighted by atomic mass is 10.1. The van der Waals surface area contributed by atoms with E-state index in [4.69, 9.17) is 9.15 Å². The molecule has 1 aromatic carbocycles. The van der Waals surface area contributed by atoms with Crippen LogP contribution in [-0.4, -0.2) is 5.97 Å². The van der Waals surface area contributed by atoms with Crippen LogP contribution in [0.2, 0.25) is 0 Å². The molecule has 0 amide bonds. The molecular formula is C17H12O4S. The highest BCUT2D eigenvalue weighted by molar-refractivity contribution is 7.10. The van der Waals surface area contributed by atoms with Gasteiger partial charge in [0, 0.05) is 28.5 Å². The van der Waals surface area contributed by atoms with Gasteiger partial charge in [0.05, 0.1) is 0 Å². The Morgan fingerprint density at radius 3 is 2.91 bits per heavy atom. The second-order valence-corrected chi connectivity index (χ2v) is 5.66. The lowest BCUT2D eigenvalue weighted by molar-refractivity contribution is -0.128. The van der Waals surface area contributed by atoms with Crippen molar-refractivity contribution in [3.8, 4) is 5.75 Å². The number of ether oxygens (including phenoxy) is 1. The zero-order valence-corrected chi connectivity index (χ0v) is 12.6. The SMILES string of the molecule is Cc1cc(=O)oc2cc(OC(=O)C=Cc3cccs3)ccc12. The summed E-state index contributed by atoms with van der Waals surface area (Å²) in [6.45, 7) is 1.83. The molecule has 0 unspecified atom stereocenters. The number of fused-ring (bicyclic) bond motifs is 1. The van der Waals surface area contributed by atoms with Crippen molar-refractivity contribution >= 4 is 34.4 Å². The molecule has 0 fully saturated rings. The van der Waals surface area contributed by atoms with Crippen LogP contribution in [0.1, 0.15) is 10.4 Å². The van der Waals surface area contributed by atoms with Crippen LogP contribution in [0.25, 0.3) is 17.0 Å². The zero-order chi connectivity index (χ0) is 15.5. The minimum Gasteiger partial charge on any atom is -0.423 e. The molecule has 0 radical (unpaired) electrons. The van der Waals surface area contributed by atoms with E-state index < -0.39 is 11.6 Å².